The quantitative estimate of drug-likeness (QED) is 0.733. The summed E-state index contributed by atoms with van der Waals surface area (Å²) in [5.74, 6) is 1.03. The lowest BCUT2D eigenvalue weighted by atomic mass is 10.1. The molecule has 3 aromatic rings. The minimum absolute atomic E-state index is 0.0950. The van der Waals surface area contributed by atoms with Crippen LogP contribution in [0.15, 0.2) is 29.1 Å². The third kappa shape index (κ3) is 2.70. The highest BCUT2D eigenvalue weighted by atomic mass is 32.1. The minimum Gasteiger partial charge on any atom is -0.296 e. The topological polar surface area (TPSA) is 51.0 Å². The molecule has 1 aliphatic rings. The van der Waals surface area contributed by atoms with E-state index in [1.54, 1.807) is 27.4 Å². The molecule has 0 saturated heterocycles. The highest BCUT2D eigenvalue weighted by Crippen LogP contribution is 2.29. The first kappa shape index (κ1) is 14.6. The maximum Gasteiger partial charge on any atom is 0.234 e. The number of hydrogen-bond donors (Lipinski definition) is 0. The van der Waals surface area contributed by atoms with Crippen molar-refractivity contribution in [1.82, 2.24) is 14.8 Å². The van der Waals surface area contributed by atoms with E-state index < -0.39 is 0 Å². The molecule has 0 unspecified atom stereocenters. The molecule has 4 heterocycles. The summed E-state index contributed by atoms with van der Waals surface area (Å²) in [6.07, 6.45) is 4.19. The summed E-state index contributed by atoms with van der Waals surface area (Å²) in [5, 5.41) is 9.30. The van der Waals surface area contributed by atoms with Crippen LogP contribution in [0.4, 0.5) is 5.82 Å². The number of anilines is 1. The molecule has 0 fully saturated rings. The van der Waals surface area contributed by atoms with Gasteiger partial charge in [-0.2, -0.15) is 5.10 Å². The van der Waals surface area contributed by atoms with Crippen molar-refractivity contribution in [2.24, 2.45) is 7.05 Å². The van der Waals surface area contributed by atoms with E-state index in [-0.39, 0.29) is 5.91 Å². The Labute approximate surface area is 142 Å². The van der Waals surface area contributed by atoms with Gasteiger partial charge in [0.25, 0.3) is 0 Å². The van der Waals surface area contributed by atoms with Crippen LogP contribution in [0, 0.1) is 0 Å². The maximum atomic E-state index is 12.7. The van der Waals surface area contributed by atoms with Gasteiger partial charge in [0.2, 0.25) is 5.91 Å². The number of hydrogen-bond acceptors (Lipinski definition) is 5. The molecule has 0 spiro atoms. The number of rotatable bonds is 3. The van der Waals surface area contributed by atoms with Crippen molar-refractivity contribution in [2.45, 2.75) is 19.3 Å². The van der Waals surface area contributed by atoms with E-state index in [2.05, 4.69) is 16.1 Å². The van der Waals surface area contributed by atoms with E-state index in [4.69, 9.17) is 0 Å². The Kier molecular flexibility index (Phi) is 3.74. The number of aryl methyl sites for hydroxylation is 2. The van der Waals surface area contributed by atoms with Gasteiger partial charge in [-0.1, -0.05) is 6.07 Å². The Morgan fingerprint density at radius 3 is 3.13 bits per heavy atom. The summed E-state index contributed by atoms with van der Waals surface area (Å²) < 4.78 is 1.80. The average molecular weight is 344 g/mol. The van der Waals surface area contributed by atoms with Gasteiger partial charge in [0.1, 0.15) is 10.8 Å². The van der Waals surface area contributed by atoms with E-state index in [1.165, 1.54) is 0 Å². The molecule has 3 aromatic heterocycles. The van der Waals surface area contributed by atoms with Crippen LogP contribution in [-0.4, -0.2) is 27.2 Å². The van der Waals surface area contributed by atoms with E-state index in [1.807, 2.05) is 35.0 Å². The van der Waals surface area contributed by atoms with Crippen molar-refractivity contribution in [3.05, 3.63) is 40.3 Å². The summed E-state index contributed by atoms with van der Waals surface area (Å²) in [6.45, 7) is 0.757. The van der Waals surface area contributed by atoms with Crippen LogP contribution in [0.2, 0.25) is 0 Å². The lowest BCUT2D eigenvalue weighted by Crippen LogP contribution is -2.37. The van der Waals surface area contributed by atoms with Gasteiger partial charge in [-0.3, -0.25) is 14.4 Å². The molecule has 0 N–H and O–H groups in total. The first-order chi connectivity index (χ1) is 11.2. The molecular weight excluding hydrogens is 328 g/mol. The molecule has 23 heavy (non-hydrogen) atoms. The smallest absolute Gasteiger partial charge is 0.234 e. The fraction of sp³-hybridized carbons (Fsp3) is 0.312. The zero-order valence-electron chi connectivity index (χ0n) is 12.7. The molecule has 5 nitrogen and oxygen atoms in total. The normalized spacial score (nSPS) is 14.0. The Hall–Kier alpha value is -1.99. The van der Waals surface area contributed by atoms with Gasteiger partial charge in [0.05, 0.1) is 23.2 Å². The summed E-state index contributed by atoms with van der Waals surface area (Å²) in [7, 11) is 1.89. The standard InChI is InChI=1S/C16H16N4OS2/c1-19-16-11(9-17-19)4-2-6-20(16)14(21)8-12-10-23-15(18-12)13-5-3-7-22-13/h3,5,7,9-10H,2,4,6,8H2,1H3. The van der Waals surface area contributed by atoms with Crippen molar-refractivity contribution in [3.63, 3.8) is 0 Å². The number of thiophene rings is 1. The van der Waals surface area contributed by atoms with Gasteiger partial charge in [0, 0.05) is 24.5 Å². The fourth-order valence-electron chi connectivity index (χ4n) is 2.93. The Balaban J connectivity index is 1.54. The molecule has 0 radical (unpaired) electrons. The molecular formula is C16H16N4OS2. The van der Waals surface area contributed by atoms with Gasteiger partial charge in [-0.25, -0.2) is 4.98 Å². The molecule has 1 amide bonds. The van der Waals surface area contributed by atoms with Gasteiger partial charge < -0.3 is 0 Å². The molecule has 7 heteroatoms. The average Bonchev–Trinajstić information content (AvgIpc) is 3.28. The zero-order chi connectivity index (χ0) is 15.8. The molecule has 0 bridgehead atoms. The van der Waals surface area contributed by atoms with Gasteiger partial charge >= 0.3 is 0 Å². The predicted molar refractivity (Wildman–Crippen MR) is 93.0 cm³/mol. The lowest BCUT2D eigenvalue weighted by molar-refractivity contribution is -0.118. The number of fused-ring (bicyclic) bond motifs is 1. The largest absolute Gasteiger partial charge is 0.296 e. The second-order valence-corrected chi connectivity index (χ2v) is 7.37. The number of thiazole rings is 1. The van der Waals surface area contributed by atoms with Gasteiger partial charge in [-0.05, 0) is 24.3 Å². The number of nitrogens with zero attached hydrogens (tertiary/aromatic N) is 4. The van der Waals surface area contributed by atoms with Crippen molar-refractivity contribution >= 4 is 34.4 Å². The van der Waals surface area contributed by atoms with Crippen LogP contribution in [0.5, 0.6) is 0 Å². The number of carbonyl (C=O) groups excluding carboxylic acids is 1. The van der Waals surface area contributed by atoms with Crippen LogP contribution in [0.25, 0.3) is 9.88 Å². The molecule has 0 atom stereocenters. The first-order valence-electron chi connectivity index (χ1n) is 7.52. The van der Waals surface area contributed by atoms with Crippen LogP contribution >= 0.6 is 22.7 Å². The second-order valence-electron chi connectivity index (χ2n) is 5.56. The Morgan fingerprint density at radius 2 is 2.30 bits per heavy atom. The molecule has 0 aromatic carbocycles. The van der Waals surface area contributed by atoms with Crippen LogP contribution in [-0.2, 0) is 24.7 Å². The molecule has 1 aliphatic heterocycles. The highest BCUT2D eigenvalue weighted by Gasteiger charge is 2.26. The number of carbonyl (C=O) groups is 1. The monoisotopic (exact) mass is 344 g/mol. The van der Waals surface area contributed by atoms with E-state index in [9.17, 15) is 4.79 Å². The van der Waals surface area contributed by atoms with Crippen LogP contribution < -0.4 is 4.90 Å². The van der Waals surface area contributed by atoms with E-state index in [0.717, 1.165) is 46.3 Å². The van der Waals surface area contributed by atoms with E-state index >= 15 is 0 Å². The third-order valence-corrected chi connectivity index (χ3v) is 5.91. The molecule has 4 rings (SSSR count). The lowest BCUT2D eigenvalue weighted by Gasteiger charge is -2.27. The van der Waals surface area contributed by atoms with Crippen molar-refractivity contribution in [2.75, 3.05) is 11.4 Å². The Morgan fingerprint density at radius 1 is 1.39 bits per heavy atom. The van der Waals surface area contributed by atoms with Crippen molar-refractivity contribution in [1.29, 1.82) is 0 Å². The Bertz CT molecular complexity index is 834. The van der Waals surface area contributed by atoms with Crippen molar-refractivity contribution < 1.29 is 4.79 Å². The second kappa shape index (κ2) is 5.90. The van der Waals surface area contributed by atoms with Gasteiger partial charge in [-0.15, -0.1) is 22.7 Å². The van der Waals surface area contributed by atoms with Gasteiger partial charge in [0.15, 0.2) is 0 Å². The summed E-state index contributed by atoms with van der Waals surface area (Å²) in [5.41, 5.74) is 2.00. The van der Waals surface area contributed by atoms with Crippen LogP contribution in [0.3, 0.4) is 0 Å². The summed E-state index contributed by atoms with van der Waals surface area (Å²) >= 11 is 3.27. The zero-order valence-corrected chi connectivity index (χ0v) is 14.4. The fourth-order valence-corrected chi connectivity index (χ4v) is 4.56. The third-order valence-electron chi connectivity index (χ3n) is 3.98. The van der Waals surface area contributed by atoms with Crippen LogP contribution in [0.1, 0.15) is 17.7 Å². The summed E-state index contributed by atoms with van der Waals surface area (Å²) in [4.78, 5) is 20.4. The SMILES string of the molecule is Cn1ncc2c1N(C(=O)Cc1csc(-c3cccs3)n1)CCC2. The maximum absolute atomic E-state index is 12.7. The molecule has 0 aliphatic carbocycles. The number of aromatic nitrogens is 3. The molecule has 118 valence electrons. The van der Waals surface area contributed by atoms with E-state index in [0.29, 0.717) is 6.42 Å². The highest BCUT2D eigenvalue weighted by molar-refractivity contribution is 7.20. The summed E-state index contributed by atoms with van der Waals surface area (Å²) in [6, 6.07) is 4.07. The molecule has 0 saturated carbocycles. The number of amides is 1. The van der Waals surface area contributed by atoms with Crippen molar-refractivity contribution in [3.8, 4) is 9.88 Å². The first-order valence-corrected chi connectivity index (χ1v) is 9.28. The minimum atomic E-state index is 0.0950. The predicted octanol–water partition coefficient (Wildman–Crippen LogP) is 3.13.